The number of aliphatic hydroxyl groups excluding tert-OH is 1. The van der Waals surface area contributed by atoms with Crippen LogP contribution in [0.2, 0.25) is 0 Å². The molecule has 0 fully saturated rings. The Morgan fingerprint density at radius 3 is 2.85 bits per heavy atom. The van der Waals surface area contributed by atoms with Gasteiger partial charge < -0.3 is 19.9 Å². The molecule has 0 aliphatic heterocycles. The first kappa shape index (κ1) is 16.2. The predicted octanol–water partition coefficient (Wildman–Crippen LogP) is 1.41. The number of Topliss-reactive ketones (excluding diaryl/α,β-unsaturated/α-hetero) is 1. The number of hydrogen-bond acceptors (Lipinski definition) is 5. The normalized spacial score (nSPS) is 11.8. The third kappa shape index (κ3) is 5.03. The molecule has 0 unspecified atom stereocenters. The summed E-state index contributed by atoms with van der Waals surface area (Å²) in [6.07, 6.45) is 1.09. The summed E-state index contributed by atoms with van der Waals surface area (Å²) in [5.74, 6) is 0.938. The molecule has 1 aromatic rings. The molecule has 0 saturated heterocycles. The van der Waals surface area contributed by atoms with Crippen molar-refractivity contribution in [2.75, 3.05) is 26.8 Å². The average Bonchev–Trinajstić information content (AvgIpc) is 2.45. The number of rotatable bonds is 9. The molecule has 0 aromatic heterocycles. The van der Waals surface area contributed by atoms with Gasteiger partial charge in [0.25, 0.3) is 0 Å². The minimum Gasteiger partial charge on any atom is -0.493 e. The Labute approximate surface area is 119 Å². The third-order valence-electron chi connectivity index (χ3n) is 2.67. The van der Waals surface area contributed by atoms with E-state index in [2.05, 4.69) is 11.9 Å². The van der Waals surface area contributed by atoms with Gasteiger partial charge in [-0.25, -0.2) is 0 Å². The Morgan fingerprint density at radius 2 is 2.25 bits per heavy atom. The second-order valence-electron chi connectivity index (χ2n) is 4.33. The van der Waals surface area contributed by atoms with Crippen LogP contribution in [0.25, 0.3) is 0 Å². The van der Waals surface area contributed by atoms with E-state index >= 15 is 0 Å². The maximum absolute atomic E-state index is 11.3. The van der Waals surface area contributed by atoms with E-state index in [1.165, 1.54) is 14.0 Å². The number of carbonyl (C=O) groups is 1. The summed E-state index contributed by atoms with van der Waals surface area (Å²) in [5, 5.41) is 12.7. The van der Waals surface area contributed by atoms with Gasteiger partial charge in [-0.2, -0.15) is 0 Å². The second-order valence-corrected chi connectivity index (χ2v) is 4.33. The summed E-state index contributed by atoms with van der Waals surface area (Å²) in [7, 11) is 1.51. The molecule has 20 heavy (non-hydrogen) atoms. The molecule has 0 aliphatic rings. The van der Waals surface area contributed by atoms with Crippen molar-refractivity contribution in [3.63, 3.8) is 0 Å². The van der Waals surface area contributed by atoms with E-state index in [4.69, 9.17) is 9.47 Å². The van der Waals surface area contributed by atoms with Gasteiger partial charge in [-0.3, -0.25) is 4.79 Å². The van der Waals surface area contributed by atoms with E-state index in [9.17, 15) is 9.90 Å². The first-order valence-corrected chi connectivity index (χ1v) is 6.40. The third-order valence-corrected chi connectivity index (χ3v) is 2.67. The monoisotopic (exact) mass is 279 g/mol. The van der Waals surface area contributed by atoms with E-state index in [0.717, 1.165) is 0 Å². The lowest BCUT2D eigenvalue weighted by Gasteiger charge is -2.15. The molecule has 0 radical (unpaired) electrons. The molecule has 1 atom stereocenters. The highest BCUT2D eigenvalue weighted by molar-refractivity contribution is 5.94. The lowest BCUT2D eigenvalue weighted by Crippen LogP contribution is -2.31. The van der Waals surface area contributed by atoms with Crippen molar-refractivity contribution in [3.8, 4) is 11.5 Å². The smallest absolute Gasteiger partial charge is 0.161 e. The minimum atomic E-state index is -0.632. The first-order chi connectivity index (χ1) is 9.58. The number of nitrogens with one attached hydrogen (secondary N) is 1. The summed E-state index contributed by atoms with van der Waals surface area (Å²) in [6.45, 7) is 6.26. The van der Waals surface area contributed by atoms with Gasteiger partial charge in [0.15, 0.2) is 17.3 Å². The Morgan fingerprint density at radius 1 is 1.50 bits per heavy atom. The molecule has 5 nitrogen and oxygen atoms in total. The number of benzene rings is 1. The summed E-state index contributed by atoms with van der Waals surface area (Å²) in [5.41, 5.74) is 0.558. The van der Waals surface area contributed by atoms with Crippen LogP contribution in [0.3, 0.4) is 0 Å². The molecule has 0 spiro atoms. The second kappa shape index (κ2) is 8.35. The fourth-order valence-corrected chi connectivity index (χ4v) is 1.60. The molecule has 0 saturated carbocycles. The fraction of sp³-hybridized carbons (Fsp3) is 0.400. The maximum Gasteiger partial charge on any atom is 0.161 e. The number of aliphatic hydroxyl groups is 1. The Balaban J connectivity index is 2.58. The molecule has 0 bridgehead atoms. The highest BCUT2D eigenvalue weighted by Gasteiger charge is 2.10. The molecular weight excluding hydrogens is 258 g/mol. The summed E-state index contributed by atoms with van der Waals surface area (Å²) in [6, 6.07) is 4.96. The van der Waals surface area contributed by atoms with Crippen molar-refractivity contribution in [2.45, 2.75) is 13.0 Å². The molecular formula is C15H21NO4. The Bertz CT molecular complexity index is 459. The molecule has 0 heterocycles. The Hall–Kier alpha value is -1.85. The largest absolute Gasteiger partial charge is 0.493 e. The quantitative estimate of drug-likeness (QED) is 0.406. The van der Waals surface area contributed by atoms with Gasteiger partial charge in [0.2, 0.25) is 0 Å². The summed E-state index contributed by atoms with van der Waals surface area (Å²) < 4.78 is 10.7. The SMILES string of the molecule is C=CCNC[C@@H](O)COc1ccc(C(C)=O)cc1OC. The molecule has 0 amide bonds. The highest BCUT2D eigenvalue weighted by Crippen LogP contribution is 2.28. The zero-order chi connectivity index (χ0) is 15.0. The van der Waals surface area contributed by atoms with Crippen molar-refractivity contribution in [1.29, 1.82) is 0 Å². The Kier molecular flexibility index (Phi) is 6.76. The maximum atomic E-state index is 11.3. The van der Waals surface area contributed by atoms with Crippen LogP contribution in [-0.2, 0) is 0 Å². The van der Waals surface area contributed by atoms with Crippen molar-refractivity contribution >= 4 is 5.78 Å². The van der Waals surface area contributed by atoms with Crippen molar-refractivity contribution < 1.29 is 19.4 Å². The van der Waals surface area contributed by atoms with Crippen LogP contribution in [-0.4, -0.2) is 43.8 Å². The van der Waals surface area contributed by atoms with Crippen LogP contribution in [0.1, 0.15) is 17.3 Å². The van der Waals surface area contributed by atoms with Gasteiger partial charge in [0, 0.05) is 18.7 Å². The van der Waals surface area contributed by atoms with Crippen LogP contribution in [0.5, 0.6) is 11.5 Å². The van der Waals surface area contributed by atoms with E-state index in [1.807, 2.05) is 0 Å². The van der Waals surface area contributed by atoms with Gasteiger partial charge in [-0.15, -0.1) is 6.58 Å². The molecule has 1 aromatic carbocycles. The van der Waals surface area contributed by atoms with E-state index in [0.29, 0.717) is 30.2 Å². The highest BCUT2D eigenvalue weighted by atomic mass is 16.5. The zero-order valence-corrected chi connectivity index (χ0v) is 11.9. The lowest BCUT2D eigenvalue weighted by molar-refractivity contribution is 0.101. The molecule has 1 rings (SSSR count). The minimum absolute atomic E-state index is 0.0384. The molecule has 5 heteroatoms. The van der Waals surface area contributed by atoms with Crippen LogP contribution < -0.4 is 14.8 Å². The van der Waals surface area contributed by atoms with E-state index in [-0.39, 0.29) is 12.4 Å². The number of ether oxygens (including phenoxy) is 2. The molecule has 110 valence electrons. The van der Waals surface area contributed by atoms with Crippen molar-refractivity contribution in [3.05, 3.63) is 36.4 Å². The topological polar surface area (TPSA) is 67.8 Å². The van der Waals surface area contributed by atoms with E-state index in [1.54, 1.807) is 24.3 Å². The fourth-order valence-electron chi connectivity index (χ4n) is 1.60. The van der Waals surface area contributed by atoms with Crippen LogP contribution in [0, 0.1) is 0 Å². The van der Waals surface area contributed by atoms with Crippen molar-refractivity contribution in [1.82, 2.24) is 5.32 Å². The standard InChI is InChI=1S/C15H21NO4/c1-4-7-16-9-13(18)10-20-14-6-5-12(11(2)17)8-15(14)19-3/h4-6,8,13,16,18H,1,7,9-10H2,2-3H3/t13-/m1/s1. The zero-order valence-electron chi connectivity index (χ0n) is 11.9. The van der Waals surface area contributed by atoms with E-state index < -0.39 is 6.10 Å². The van der Waals surface area contributed by atoms with Crippen molar-refractivity contribution in [2.24, 2.45) is 0 Å². The first-order valence-electron chi connectivity index (χ1n) is 6.40. The van der Waals surface area contributed by atoms with Gasteiger partial charge in [0.05, 0.1) is 7.11 Å². The average molecular weight is 279 g/mol. The molecule has 0 aliphatic carbocycles. The molecule has 2 N–H and O–H groups in total. The summed E-state index contributed by atoms with van der Waals surface area (Å²) >= 11 is 0. The van der Waals surface area contributed by atoms with Gasteiger partial charge >= 0.3 is 0 Å². The number of ketones is 1. The number of methoxy groups -OCH3 is 1. The predicted molar refractivity (Wildman–Crippen MR) is 77.6 cm³/mol. The van der Waals surface area contributed by atoms with Crippen LogP contribution >= 0.6 is 0 Å². The number of hydrogen-bond donors (Lipinski definition) is 2. The number of carbonyl (C=O) groups excluding carboxylic acids is 1. The lowest BCUT2D eigenvalue weighted by atomic mass is 10.1. The van der Waals surface area contributed by atoms with Gasteiger partial charge in [0.1, 0.15) is 12.7 Å². The summed E-state index contributed by atoms with van der Waals surface area (Å²) in [4.78, 5) is 11.3. The van der Waals surface area contributed by atoms with Crippen LogP contribution in [0.4, 0.5) is 0 Å². The van der Waals surface area contributed by atoms with Gasteiger partial charge in [-0.1, -0.05) is 6.08 Å². The van der Waals surface area contributed by atoms with Gasteiger partial charge in [-0.05, 0) is 25.1 Å². The van der Waals surface area contributed by atoms with Crippen LogP contribution in [0.15, 0.2) is 30.9 Å².